The van der Waals surface area contributed by atoms with Crippen LogP contribution in [-0.4, -0.2) is 29.1 Å². The summed E-state index contributed by atoms with van der Waals surface area (Å²) in [5.74, 6) is -0.681. The number of amides is 1. The van der Waals surface area contributed by atoms with Crippen LogP contribution in [0.25, 0.3) is 0 Å². The number of carboxylic acids is 1. The number of carboxylic acid groups (broad SMARTS) is 1. The van der Waals surface area contributed by atoms with Gasteiger partial charge in [-0.25, -0.2) is 0 Å². The van der Waals surface area contributed by atoms with Crippen LogP contribution in [0.2, 0.25) is 0 Å². The monoisotopic (exact) mass is 305 g/mol. The number of carbonyl (C=O) groups excluding carboxylic acids is 1. The summed E-state index contributed by atoms with van der Waals surface area (Å²) in [6.45, 7) is 3.90. The molecule has 0 radical (unpaired) electrons. The number of hydrogen-bond acceptors (Lipinski definition) is 3. The summed E-state index contributed by atoms with van der Waals surface area (Å²) in [6, 6.07) is 7.19. The molecule has 0 heterocycles. The predicted molar refractivity (Wildman–Crippen MR) is 82.8 cm³/mol. The molecular formula is C17H23NO4. The minimum Gasteiger partial charge on any atom is -0.491 e. The molecule has 0 unspecified atom stereocenters. The second-order valence-electron chi connectivity index (χ2n) is 6.04. The average Bonchev–Trinajstić information content (AvgIpc) is 2.86. The van der Waals surface area contributed by atoms with Crippen molar-refractivity contribution in [1.82, 2.24) is 5.32 Å². The molecule has 5 heteroatoms. The minimum absolute atomic E-state index is 0.0823. The summed E-state index contributed by atoms with van der Waals surface area (Å²) < 4.78 is 5.61. The van der Waals surface area contributed by atoms with Gasteiger partial charge in [0.2, 0.25) is 5.91 Å². The van der Waals surface area contributed by atoms with Crippen LogP contribution in [0.4, 0.5) is 0 Å². The van der Waals surface area contributed by atoms with E-state index in [2.05, 4.69) is 5.32 Å². The van der Waals surface area contributed by atoms with E-state index in [0.717, 1.165) is 24.2 Å². The Morgan fingerprint density at radius 1 is 1.36 bits per heavy atom. The third-order valence-electron chi connectivity index (χ3n) is 3.81. The smallest absolute Gasteiger partial charge is 0.308 e. The summed E-state index contributed by atoms with van der Waals surface area (Å²) in [5, 5.41) is 12.0. The van der Waals surface area contributed by atoms with Gasteiger partial charge < -0.3 is 15.2 Å². The molecule has 2 N–H and O–H groups in total. The Hall–Kier alpha value is -2.04. The normalized spacial score (nSPS) is 20.9. The Labute approximate surface area is 130 Å². The standard InChI is InChI=1S/C17H23NO4/c1-11(2)22-13-6-3-5-12(9-13)10-16(19)18-15-8-4-7-14(15)17(20)21/h3,5-6,9,11,14-15H,4,7-8,10H2,1-2H3,(H,18,19)(H,20,21)/t14-,15+/m0/s1. The largest absolute Gasteiger partial charge is 0.491 e. The summed E-state index contributed by atoms with van der Waals surface area (Å²) in [4.78, 5) is 23.3. The summed E-state index contributed by atoms with van der Waals surface area (Å²) in [5.41, 5.74) is 0.862. The third kappa shape index (κ3) is 4.48. The Morgan fingerprint density at radius 3 is 2.82 bits per heavy atom. The molecule has 5 nitrogen and oxygen atoms in total. The van der Waals surface area contributed by atoms with Crippen LogP contribution < -0.4 is 10.1 Å². The quantitative estimate of drug-likeness (QED) is 0.846. The maximum atomic E-state index is 12.1. The van der Waals surface area contributed by atoms with Crippen molar-refractivity contribution in [3.63, 3.8) is 0 Å². The molecule has 1 fully saturated rings. The lowest BCUT2D eigenvalue weighted by atomic mass is 10.0. The number of aliphatic carboxylic acids is 1. The zero-order valence-electron chi connectivity index (χ0n) is 13.0. The third-order valence-corrected chi connectivity index (χ3v) is 3.81. The van der Waals surface area contributed by atoms with E-state index in [0.29, 0.717) is 6.42 Å². The fourth-order valence-electron chi connectivity index (χ4n) is 2.87. The van der Waals surface area contributed by atoms with Gasteiger partial charge in [-0.1, -0.05) is 18.6 Å². The van der Waals surface area contributed by atoms with Crippen LogP contribution in [-0.2, 0) is 16.0 Å². The van der Waals surface area contributed by atoms with Gasteiger partial charge in [0.1, 0.15) is 5.75 Å². The maximum absolute atomic E-state index is 12.1. The van der Waals surface area contributed by atoms with Crippen molar-refractivity contribution in [2.45, 2.75) is 51.7 Å². The van der Waals surface area contributed by atoms with Gasteiger partial charge in [0.25, 0.3) is 0 Å². The van der Waals surface area contributed by atoms with Gasteiger partial charge in [-0.2, -0.15) is 0 Å². The molecule has 2 atom stereocenters. The first-order valence-corrected chi connectivity index (χ1v) is 7.73. The van der Waals surface area contributed by atoms with Gasteiger partial charge in [0.15, 0.2) is 0 Å². The number of ether oxygens (including phenoxy) is 1. The highest BCUT2D eigenvalue weighted by atomic mass is 16.5. The predicted octanol–water partition coefficient (Wildman–Crippen LogP) is 2.39. The molecule has 1 amide bonds. The number of carbonyl (C=O) groups is 2. The number of benzene rings is 1. The van der Waals surface area contributed by atoms with Gasteiger partial charge in [-0.15, -0.1) is 0 Å². The van der Waals surface area contributed by atoms with Crippen LogP contribution >= 0.6 is 0 Å². The molecule has 0 aliphatic heterocycles. The molecule has 0 aromatic heterocycles. The molecule has 22 heavy (non-hydrogen) atoms. The lowest BCUT2D eigenvalue weighted by Gasteiger charge is -2.17. The number of hydrogen-bond donors (Lipinski definition) is 2. The van der Waals surface area contributed by atoms with E-state index >= 15 is 0 Å². The van der Waals surface area contributed by atoms with Crippen molar-refractivity contribution in [3.05, 3.63) is 29.8 Å². The van der Waals surface area contributed by atoms with Crippen LogP contribution in [0.15, 0.2) is 24.3 Å². The van der Waals surface area contributed by atoms with E-state index in [4.69, 9.17) is 9.84 Å². The fraction of sp³-hybridized carbons (Fsp3) is 0.529. The summed E-state index contributed by atoms with van der Waals surface area (Å²) in [6.07, 6.45) is 2.54. The van der Waals surface area contributed by atoms with Crippen molar-refractivity contribution < 1.29 is 19.4 Å². The van der Waals surface area contributed by atoms with E-state index < -0.39 is 11.9 Å². The second-order valence-corrected chi connectivity index (χ2v) is 6.04. The van der Waals surface area contributed by atoms with Gasteiger partial charge in [0, 0.05) is 6.04 Å². The van der Waals surface area contributed by atoms with E-state index in [1.807, 2.05) is 38.1 Å². The van der Waals surface area contributed by atoms with Crippen molar-refractivity contribution in [3.8, 4) is 5.75 Å². The van der Waals surface area contributed by atoms with E-state index in [1.165, 1.54) is 0 Å². The SMILES string of the molecule is CC(C)Oc1cccc(CC(=O)N[C@@H]2CCC[C@@H]2C(=O)O)c1. The Balaban J connectivity index is 1.93. The molecule has 1 aliphatic carbocycles. The first-order valence-electron chi connectivity index (χ1n) is 7.73. The zero-order valence-corrected chi connectivity index (χ0v) is 13.0. The van der Waals surface area contributed by atoms with Gasteiger partial charge >= 0.3 is 5.97 Å². The molecule has 0 saturated heterocycles. The summed E-state index contributed by atoms with van der Waals surface area (Å²) >= 11 is 0. The summed E-state index contributed by atoms with van der Waals surface area (Å²) in [7, 11) is 0. The zero-order chi connectivity index (χ0) is 16.1. The molecular weight excluding hydrogens is 282 g/mol. The molecule has 1 aromatic carbocycles. The topological polar surface area (TPSA) is 75.6 Å². The van der Waals surface area contributed by atoms with E-state index in [1.54, 1.807) is 0 Å². The highest BCUT2D eigenvalue weighted by Gasteiger charge is 2.33. The van der Waals surface area contributed by atoms with Gasteiger partial charge in [0.05, 0.1) is 18.4 Å². The molecule has 2 rings (SSSR count). The van der Waals surface area contributed by atoms with E-state index in [9.17, 15) is 9.59 Å². The van der Waals surface area contributed by atoms with Crippen LogP contribution in [0.3, 0.4) is 0 Å². The highest BCUT2D eigenvalue weighted by molar-refractivity contribution is 5.80. The fourth-order valence-corrected chi connectivity index (χ4v) is 2.87. The Morgan fingerprint density at radius 2 is 2.14 bits per heavy atom. The number of nitrogens with one attached hydrogen (secondary N) is 1. The van der Waals surface area contributed by atoms with Crippen molar-refractivity contribution in [2.24, 2.45) is 5.92 Å². The van der Waals surface area contributed by atoms with Gasteiger partial charge in [-0.3, -0.25) is 9.59 Å². The van der Waals surface area contributed by atoms with Crippen LogP contribution in [0, 0.1) is 5.92 Å². The second kappa shape index (κ2) is 7.29. The first-order chi connectivity index (χ1) is 10.5. The molecule has 1 aromatic rings. The molecule has 1 saturated carbocycles. The van der Waals surface area contributed by atoms with E-state index in [-0.39, 0.29) is 24.5 Å². The Kier molecular flexibility index (Phi) is 5.41. The van der Waals surface area contributed by atoms with Gasteiger partial charge in [-0.05, 0) is 44.4 Å². The lowest BCUT2D eigenvalue weighted by Crippen LogP contribution is -2.40. The Bertz CT molecular complexity index is 541. The molecule has 0 bridgehead atoms. The lowest BCUT2D eigenvalue weighted by molar-refractivity contribution is -0.142. The first kappa shape index (κ1) is 16.3. The van der Waals surface area contributed by atoms with Crippen molar-refractivity contribution in [2.75, 3.05) is 0 Å². The molecule has 0 spiro atoms. The van der Waals surface area contributed by atoms with Crippen molar-refractivity contribution in [1.29, 1.82) is 0 Å². The highest BCUT2D eigenvalue weighted by Crippen LogP contribution is 2.26. The average molecular weight is 305 g/mol. The van der Waals surface area contributed by atoms with Crippen LogP contribution in [0.5, 0.6) is 5.75 Å². The van der Waals surface area contributed by atoms with Crippen molar-refractivity contribution >= 4 is 11.9 Å². The molecule has 120 valence electrons. The van der Waals surface area contributed by atoms with Crippen LogP contribution in [0.1, 0.15) is 38.7 Å². The maximum Gasteiger partial charge on any atom is 0.308 e. The number of rotatable bonds is 6. The molecule has 1 aliphatic rings. The minimum atomic E-state index is -0.824.